The Morgan fingerprint density at radius 2 is 1.78 bits per heavy atom. The van der Waals surface area contributed by atoms with E-state index in [9.17, 15) is 10.2 Å². The summed E-state index contributed by atoms with van der Waals surface area (Å²) in [4.78, 5) is 0. The lowest BCUT2D eigenvalue weighted by Crippen LogP contribution is -2.33. The molecular formula is C24H34O3. The number of aliphatic hydroxyl groups is 2. The van der Waals surface area contributed by atoms with Gasteiger partial charge in [0.15, 0.2) is 6.29 Å². The molecule has 2 atom stereocenters. The number of rotatable bonds is 6. The van der Waals surface area contributed by atoms with Gasteiger partial charge in [0.2, 0.25) is 0 Å². The smallest absolute Gasteiger partial charge is 0.152 e. The van der Waals surface area contributed by atoms with Gasteiger partial charge in [-0.1, -0.05) is 43.7 Å². The molecular weight excluding hydrogens is 336 g/mol. The second-order valence-corrected chi connectivity index (χ2v) is 8.57. The van der Waals surface area contributed by atoms with Gasteiger partial charge in [-0.2, -0.15) is 0 Å². The van der Waals surface area contributed by atoms with Crippen molar-refractivity contribution in [3.05, 3.63) is 29.8 Å². The molecule has 2 aliphatic rings. The van der Waals surface area contributed by atoms with Crippen LogP contribution in [0.3, 0.4) is 0 Å². The fourth-order valence-electron chi connectivity index (χ4n) is 5.15. The summed E-state index contributed by atoms with van der Waals surface area (Å²) >= 11 is 0. The minimum absolute atomic E-state index is 0.159. The van der Waals surface area contributed by atoms with Gasteiger partial charge in [-0.05, 0) is 68.1 Å². The number of ether oxygens (including phenoxy) is 1. The molecule has 1 spiro atoms. The van der Waals surface area contributed by atoms with Crippen LogP contribution in [0.5, 0.6) is 5.75 Å². The van der Waals surface area contributed by atoms with Crippen LogP contribution in [0.2, 0.25) is 0 Å². The Bertz CT molecular complexity index is 626. The zero-order valence-corrected chi connectivity index (χ0v) is 16.6. The van der Waals surface area contributed by atoms with Crippen molar-refractivity contribution in [3.8, 4) is 17.6 Å². The highest BCUT2D eigenvalue weighted by atomic mass is 16.5. The van der Waals surface area contributed by atoms with E-state index >= 15 is 0 Å². The summed E-state index contributed by atoms with van der Waals surface area (Å²) in [6, 6.07) is 7.97. The van der Waals surface area contributed by atoms with Crippen LogP contribution in [0.1, 0.15) is 82.6 Å². The first kappa shape index (κ1) is 20.2. The van der Waals surface area contributed by atoms with Gasteiger partial charge in [-0.25, -0.2) is 0 Å². The van der Waals surface area contributed by atoms with E-state index in [0.717, 1.165) is 17.9 Å². The molecule has 0 aliphatic heterocycles. The molecule has 3 heteroatoms. The van der Waals surface area contributed by atoms with Crippen LogP contribution < -0.4 is 4.74 Å². The first-order valence-corrected chi connectivity index (χ1v) is 10.6. The molecule has 148 valence electrons. The quantitative estimate of drug-likeness (QED) is 0.546. The monoisotopic (exact) mass is 370 g/mol. The van der Waals surface area contributed by atoms with Gasteiger partial charge in [0.25, 0.3) is 0 Å². The largest absolute Gasteiger partial charge is 0.493 e. The molecule has 0 aromatic heterocycles. The predicted octanol–water partition coefficient (Wildman–Crippen LogP) is 5.01. The summed E-state index contributed by atoms with van der Waals surface area (Å²) in [5, 5.41) is 18.5. The molecule has 1 aromatic rings. The normalized spacial score (nSPS) is 22.9. The highest BCUT2D eigenvalue weighted by Crippen LogP contribution is 2.49. The number of hydrogen-bond donors (Lipinski definition) is 2. The summed E-state index contributed by atoms with van der Waals surface area (Å²) in [5.41, 5.74) is 1.62. The second kappa shape index (κ2) is 9.62. The molecule has 0 amide bonds. The van der Waals surface area contributed by atoms with Crippen LogP contribution in [0, 0.1) is 23.2 Å². The molecule has 1 unspecified atom stereocenters. The predicted molar refractivity (Wildman–Crippen MR) is 108 cm³/mol. The zero-order chi connectivity index (χ0) is 19.1. The molecule has 3 rings (SSSR count). The fourth-order valence-corrected chi connectivity index (χ4v) is 5.15. The van der Waals surface area contributed by atoms with E-state index in [1.807, 2.05) is 24.3 Å². The molecule has 0 bridgehead atoms. The Balaban J connectivity index is 1.54. The lowest BCUT2D eigenvalue weighted by atomic mass is 9.63. The van der Waals surface area contributed by atoms with Crippen LogP contribution in [0.15, 0.2) is 24.3 Å². The highest BCUT2D eigenvalue weighted by Gasteiger charge is 2.37. The van der Waals surface area contributed by atoms with E-state index in [-0.39, 0.29) is 12.3 Å². The van der Waals surface area contributed by atoms with E-state index < -0.39 is 6.29 Å². The summed E-state index contributed by atoms with van der Waals surface area (Å²) in [5.74, 6) is 7.35. The summed E-state index contributed by atoms with van der Waals surface area (Å²) in [6.45, 7) is 2.59. The van der Waals surface area contributed by atoms with E-state index in [0.29, 0.717) is 11.3 Å². The maximum Gasteiger partial charge on any atom is 0.152 e. The summed E-state index contributed by atoms with van der Waals surface area (Å²) in [7, 11) is 0. The van der Waals surface area contributed by atoms with E-state index in [4.69, 9.17) is 4.74 Å². The SMILES string of the molecule is CC#C[C@@H](CC(O)O)c1ccc(OCC2CCCC3(CCCCC3)C2)cc1. The Hall–Kier alpha value is -1.50. The molecule has 2 fully saturated rings. The Kier molecular flexibility index (Phi) is 7.21. The first-order valence-electron chi connectivity index (χ1n) is 10.6. The summed E-state index contributed by atoms with van der Waals surface area (Å²) < 4.78 is 6.12. The molecule has 2 N–H and O–H groups in total. The lowest BCUT2D eigenvalue weighted by molar-refractivity contribution is -0.0468. The Morgan fingerprint density at radius 1 is 1.07 bits per heavy atom. The fraction of sp³-hybridized carbons (Fsp3) is 0.667. The first-order chi connectivity index (χ1) is 13.1. The van der Waals surface area contributed by atoms with Crippen LogP contribution in [0.4, 0.5) is 0 Å². The van der Waals surface area contributed by atoms with Crippen molar-refractivity contribution in [1.82, 2.24) is 0 Å². The van der Waals surface area contributed by atoms with Crippen molar-refractivity contribution >= 4 is 0 Å². The average molecular weight is 371 g/mol. The van der Waals surface area contributed by atoms with Gasteiger partial charge < -0.3 is 14.9 Å². The topological polar surface area (TPSA) is 49.7 Å². The van der Waals surface area contributed by atoms with E-state index in [2.05, 4.69) is 11.8 Å². The van der Waals surface area contributed by atoms with Gasteiger partial charge >= 0.3 is 0 Å². The molecule has 2 aliphatic carbocycles. The average Bonchev–Trinajstić information content (AvgIpc) is 2.67. The molecule has 1 aromatic carbocycles. The molecule has 2 saturated carbocycles. The van der Waals surface area contributed by atoms with Crippen LogP contribution in [-0.4, -0.2) is 23.1 Å². The van der Waals surface area contributed by atoms with Crippen molar-refractivity contribution in [2.45, 2.75) is 83.3 Å². The maximum absolute atomic E-state index is 9.26. The minimum atomic E-state index is -1.34. The third kappa shape index (κ3) is 5.74. The Labute approximate surface area is 164 Å². The third-order valence-electron chi connectivity index (χ3n) is 6.49. The van der Waals surface area contributed by atoms with Crippen molar-refractivity contribution in [2.24, 2.45) is 11.3 Å². The van der Waals surface area contributed by atoms with Gasteiger partial charge in [-0.15, -0.1) is 5.92 Å². The van der Waals surface area contributed by atoms with E-state index in [1.54, 1.807) is 6.92 Å². The van der Waals surface area contributed by atoms with Crippen LogP contribution in [0.25, 0.3) is 0 Å². The van der Waals surface area contributed by atoms with Crippen molar-refractivity contribution in [1.29, 1.82) is 0 Å². The summed E-state index contributed by atoms with van der Waals surface area (Å²) in [6.07, 6.45) is 11.4. The molecule has 0 heterocycles. The van der Waals surface area contributed by atoms with Crippen LogP contribution in [-0.2, 0) is 0 Å². The standard InChI is InChI=1S/C24H34O3/c1-2-7-21(16-23(25)26)20-9-11-22(12-10-20)27-18-19-8-6-15-24(17-19)13-4-3-5-14-24/h9-12,19,21,23,25-26H,3-6,8,13-18H2,1H3/t19?,21-/m0/s1. The van der Waals surface area contributed by atoms with Crippen LogP contribution >= 0.6 is 0 Å². The van der Waals surface area contributed by atoms with Crippen molar-refractivity contribution in [2.75, 3.05) is 6.61 Å². The van der Waals surface area contributed by atoms with Crippen molar-refractivity contribution in [3.63, 3.8) is 0 Å². The van der Waals surface area contributed by atoms with Gasteiger partial charge in [-0.3, -0.25) is 0 Å². The number of hydrogen-bond acceptors (Lipinski definition) is 3. The molecule has 3 nitrogen and oxygen atoms in total. The number of benzene rings is 1. The second-order valence-electron chi connectivity index (χ2n) is 8.57. The minimum Gasteiger partial charge on any atom is -0.493 e. The highest BCUT2D eigenvalue weighted by molar-refractivity contribution is 5.33. The van der Waals surface area contributed by atoms with Crippen molar-refractivity contribution < 1.29 is 14.9 Å². The Morgan fingerprint density at radius 3 is 2.44 bits per heavy atom. The van der Waals surface area contributed by atoms with Gasteiger partial charge in [0, 0.05) is 12.3 Å². The maximum atomic E-state index is 9.26. The van der Waals surface area contributed by atoms with Gasteiger partial charge in [0.05, 0.1) is 6.61 Å². The zero-order valence-electron chi connectivity index (χ0n) is 16.6. The van der Waals surface area contributed by atoms with E-state index in [1.165, 1.54) is 57.8 Å². The molecule has 27 heavy (non-hydrogen) atoms. The number of aliphatic hydroxyl groups excluding tert-OH is 1. The molecule has 0 saturated heterocycles. The molecule has 0 radical (unpaired) electrons. The third-order valence-corrected chi connectivity index (χ3v) is 6.49. The van der Waals surface area contributed by atoms with Gasteiger partial charge in [0.1, 0.15) is 5.75 Å². The lowest BCUT2D eigenvalue weighted by Gasteiger charge is -2.43.